The Labute approximate surface area is 146 Å². The Bertz CT molecular complexity index is 254. The summed E-state index contributed by atoms with van der Waals surface area (Å²) in [7, 11) is 0. The van der Waals surface area contributed by atoms with Crippen LogP contribution in [0.1, 0.15) is 45.4 Å². The standard InChI is InChI=1S/C12H21NO3.K/c1-3-4-5-6-7-8-11(14)13-10(2)9-12(15)16;/h3,10H,1,4-9H2,2H3,(H,13,14)(H,15,16);/q;+1/p-1. The number of carboxylic acids is 1. The van der Waals surface area contributed by atoms with E-state index in [4.69, 9.17) is 5.11 Å². The van der Waals surface area contributed by atoms with E-state index in [1.807, 2.05) is 6.08 Å². The van der Waals surface area contributed by atoms with Crippen LogP contribution in [0.4, 0.5) is 0 Å². The van der Waals surface area contributed by atoms with Crippen molar-refractivity contribution in [2.24, 2.45) is 4.99 Å². The molecule has 0 amide bonds. The Hall–Kier alpha value is 0.316. The van der Waals surface area contributed by atoms with E-state index in [2.05, 4.69) is 11.6 Å². The van der Waals surface area contributed by atoms with Crippen molar-refractivity contribution in [1.29, 1.82) is 0 Å². The van der Waals surface area contributed by atoms with Crippen molar-refractivity contribution in [1.82, 2.24) is 0 Å². The molecule has 1 N–H and O–H groups in total. The van der Waals surface area contributed by atoms with Gasteiger partial charge in [-0.3, -0.25) is 4.79 Å². The molecule has 0 heterocycles. The second-order valence-electron chi connectivity index (χ2n) is 3.86. The minimum absolute atomic E-state index is 0. The number of allylic oxidation sites excluding steroid dienone is 1. The van der Waals surface area contributed by atoms with Crippen LogP contribution >= 0.6 is 0 Å². The van der Waals surface area contributed by atoms with Gasteiger partial charge in [-0.05, 0) is 38.5 Å². The van der Waals surface area contributed by atoms with Gasteiger partial charge in [-0.2, -0.15) is 0 Å². The van der Waals surface area contributed by atoms with Crippen molar-refractivity contribution >= 4 is 11.9 Å². The van der Waals surface area contributed by atoms with Gasteiger partial charge in [-0.15, -0.1) is 6.58 Å². The van der Waals surface area contributed by atoms with Crippen LogP contribution < -0.4 is 56.5 Å². The summed E-state index contributed by atoms with van der Waals surface area (Å²) in [5, 5.41) is 19.8. The first kappa shape index (κ1) is 19.7. The van der Waals surface area contributed by atoms with E-state index in [-0.39, 0.29) is 63.7 Å². The molecule has 0 saturated heterocycles. The van der Waals surface area contributed by atoms with Crippen molar-refractivity contribution in [2.75, 3.05) is 0 Å². The van der Waals surface area contributed by atoms with Crippen molar-refractivity contribution in [2.45, 2.75) is 51.5 Å². The number of nitrogens with zero attached hydrogens (tertiary/aromatic N) is 1. The Balaban J connectivity index is 0. The summed E-state index contributed by atoms with van der Waals surface area (Å²) in [6.45, 7) is 5.26. The van der Waals surface area contributed by atoms with Gasteiger partial charge in [0.05, 0.1) is 12.5 Å². The predicted octanol–water partition coefficient (Wildman–Crippen LogP) is -1.25. The number of unbranched alkanes of at least 4 members (excludes halogenated alkanes) is 3. The monoisotopic (exact) mass is 265 g/mol. The van der Waals surface area contributed by atoms with Crippen LogP contribution in [0.3, 0.4) is 0 Å². The molecule has 4 nitrogen and oxygen atoms in total. The second kappa shape index (κ2) is 12.8. The molecule has 0 bridgehead atoms. The molecule has 1 unspecified atom stereocenters. The molecule has 5 heteroatoms. The van der Waals surface area contributed by atoms with E-state index < -0.39 is 12.0 Å². The van der Waals surface area contributed by atoms with E-state index in [0.717, 1.165) is 25.7 Å². The van der Waals surface area contributed by atoms with Gasteiger partial charge in [0.2, 0.25) is 0 Å². The SMILES string of the molecule is C=CCCCCCC([O-])=NC(C)CC(=O)O.[K+]. The van der Waals surface area contributed by atoms with Crippen LogP contribution in [-0.2, 0) is 4.79 Å². The predicted molar refractivity (Wildman–Crippen MR) is 62.4 cm³/mol. The fraction of sp³-hybridized carbons (Fsp3) is 0.667. The molecule has 0 aromatic rings. The maximum atomic E-state index is 11.3. The summed E-state index contributed by atoms with van der Waals surface area (Å²) in [5.74, 6) is -1.11. The quantitative estimate of drug-likeness (QED) is 0.186. The molecule has 0 spiro atoms. The first-order valence-corrected chi connectivity index (χ1v) is 5.62. The van der Waals surface area contributed by atoms with E-state index in [1.165, 1.54) is 0 Å². The number of aliphatic imine (C=N–C) groups is 1. The first-order chi connectivity index (χ1) is 7.56. The summed E-state index contributed by atoms with van der Waals surface area (Å²) < 4.78 is 0. The van der Waals surface area contributed by atoms with Gasteiger partial charge >= 0.3 is 57.4 Å². The van der Waals surface area contributed by atoms with Gasteiger partial charge in [0.25, 0.3) is 0 Å². The number of aliphatic carboxylic acids is 1. The van der Waals surface area contributed by atoms with Gasteiger partial charge in [0.1, 0.15) is 0 Å². The smallest absolute Gasteiger partial charge is 0.862 e. The number of rotatable bonds is 9. The first-order valence-electron chi connectivity index (χ1n) is 5.62. The van der Waals surface area contributed by atoms with Crippen molar-refractivity contribution in [3.63, 3.8) is 0 Å². The minimum Gasteiger partial charge on any atom is -0.862 e. The van der Waals surface area contributed by atoms with Crippen molar-refractivity contribution in [3.8, 4) is 0 Å². The molecule has 0 aliphatic rings. The van der Waals surface area contributed by atoms with Gasteiger partial charge in [-0.25, -0.2) is 0 Å². The summed E-state index contributed by atoms with van der Waals surface area (Å²) in [5.41, 5.74) is 0. The number of carbonyl (C=O) groups is 1. The molecule has 0 aromatic carbocycles. The topological polar surface area (TPSA) is 72.7 Å². The zero-order chi connectivity index (χ0) is 12.4. The fourth-order valence-corrected chi connectivity index (χ4v) is 1.35. The molecule has 0 aliphatic heterocycles. The van der Waals surface area contributed by atoms with Crippen LogP contribution in [0.15, 0.2) is 17.6 Å². The van der Waals surface area contributed by atoms with Crippen LogP contribution in [0, 0.1) is 0 Å². The number of carboxylic acid groups (broad SMARTS) is 1. The molecule has 0 aliphatic carbocycles. The summed E-state index contributed by atoms with van der Waals surface area (Å²) >= 11 is 0. The Kier molecular flexibility index (Phi) is 14.8. The average molecular weight is 265 g/mol. The maximum absolute atomic E-state index is 11.3. The zero-order valence-corrected chi connectivity index (χ0v) is 13.9. The number of hydrogen-bond acceptors (Lipinski definition) is 3. The summed E-state index contributed by atoms with van der Waals surface area (Å²) in [4.78, 5) is 14.1. The van der Waals surface area contributed by atoms with E-state index in [1.54, 1.807) is 6.92 Å². The third-order valence-electron chi connectivity index (χ3n) is 2.13. The van der Waals surface area contributed by atoms with Gasteiger partial charge < -0.3 is 15.2 Å². The molecule has 0 radical (unpaired) electrons. The Morgan fingerprint density at radius 2 is 2.12 bits per heavy atom. The summed E-state index contributed by atoms with van der Waals surface area (Å²) in [6, 6.07) is -0.418. The van der Waals surface area contributed by atoms with Crippen LogP contribution in [0.25, 0.3) is 0 Å². The Morgan fingerprint density at radius 3 is 2.65 bits per heavy atom. The van der Waals surface area contributed by atoms with E-state index >= 15 is 0 Å². The van der Waals surface area contributed by atoms with Gasteiger partial charge in [0, 0.05) is 0 Å². The Morgan fingerprint density at radius 1 is 1.47 bits per heavy atom. The van der Waals surface area contributed by atoms with Crippen LogP contribution in [0.2, 0.25) is 0 Å². The molecule has 0 fully saturated rings. The van der Waals surface area contributed by atoms with Gasteiger partial charge in [-0.1, -0.05) is 12.5 Å². The largest absolute Gasteiger partial charge is 1.00 e. The average Bonchev–Trinajstić information content (AvgIpc) is 2.15. The van der Waals surface area contributed by atoms with E-state index in [0.29, 0.717) is 6.42 Å². The molecular formula is C12H20KNO3. The maximum Gasteiger partial charge on any atom is 1.00 e. The minimum atomic E-state index is -0.921. The van der Waals surface area contributed by atoms with Gasteiger partial charge in [0.15, 0.2) is 0 Å². The molecule has 92 valence electrons. The number of hydrogen-bond donors (Lipinski definition) is 1. The zero-order valence-electron chi connectivity index (χ0n) is 10.8. The third-order valence-corrected chi connectivity index (χ3v) is 2.13. The normalized spacial score (nSPS) is 12.6. The fourth-order valence-electron chi connectivity index (χ4n) is 1.35. The molecule has 0 saturated carbocycles. The third kappa shape index (κ3) is 14.3. The molecule has 0 aromatic heterocycles. The summed E-state index contributed by atoms with van der Waals surface area (Å²) in [6.07, 6.45) is 6.02. The van der Waals surface area contributed by atoms with E-state index in [9.17, 15) is 9.90 Å². The molecular weight excluding hydrogens is 245 g/mol. The van der Waals surface area contributed by atoms with Crippen molar-refractivity contribution in [3.05, 3.63) is 12.7 Å². The molecule has 0 rings (SSSR count). The van der Waals surface area contributed by atoms with Crippen LogP contribution in [0.5, 0.6) is 0 Å². The van der Waals surface area contributed by atoms with Crippen molar-refractivity contribution < 1.29 is 66.4 Å². The van der Waals surface area contributed by atoms with Crippen LogP contribution in [-0.4, -0.2) is 23.0 Å². The molecule has 17 heavy (non-hydrogen) atoms. The molecule has 1 atom stereocenters. The second-order valence-corrected chi connectivity index (χ2v) is 3.86.